The lowest BCUT2D eigenvalue weighted by Gasteiger charge is -2.30. The van der Waals surface area contributed by atoms with E-state index < -0.39 is 6.03 Å². The average molecular weight is 360 g/mol. The molecule has 4 amide bonds. The molecule has 1 fully saturated rings. The Labute approximate surface area is 154 Å². The molecule has 1 aliphatic rings. The Morgan fingerprint density at radius 2 is 1.81 bits per heavy atom. The fourth-order valence-electron chi connectivity index (χ4n) is 2.91. The number of unbranched alkanes of at least 4 members (excludes halogenated alkanes) is 1. The van der Waals surface area contributed by atoms with Crippen molar-refractivity contribution in [1.82, 2.24) is 15.5 Å². The predicted octanol–water partition coefficient (Wildman–Crippen LogP) is 1.96. The minimum Gasteiger partial charge on any atom is -0.338 e. The summed E-state index contributed by atoms with van der Waals surface area (Å²) in [5.41, 5.74) is 0.799. The van der Waals surface area contributed by atoms with Crippen LogP contribution in [-0.4, -0.2) is 48.9 Å². The second-order valence-corrected chi connectivity index (χ2v) is 6.56. The highest BCUT2D eigenvalue weighted by Gasteiger charge is 2.26. The van der Waals surface area contributed by atoms with Gasteiger partial charge in [-0.05, 0) is 44.5 Å². The van der Waals surface area contributed by atoms with Gasteiger partial charge in [-0.2, -0.15) is 0 Å². The van der Waals surface area contributed by atoms with E-state index in [1.54, 1.807) is 0 Å². The molecule has 0 atom stereocenters. The maximum Gasteiger partial charge on any atom is 0.321 e. The van der Waals surface area contributed by atoms with Gasteiger partial charge in [0.25, 0.3) is 0 Å². The summed E-state index contributed by atoms with van der Waals surface area (Å²) in [5, 5.41) is 7.93. The molecule has 1 aliphatic heterocycles. The van der Waals surface area contributed by atoms with Crippen molar-refractivity contribution in [2.24, 2.45) is 5.92 Å². The standard InChI is InChI=1S/C19H28N4O3/c1-2-3-11-20-19(26)22-17(24)14-23-12-9-15(10-13-23)18(25)21-16-7-5-4-6-8-16/h4-8,15H,2-3,9-14H2,1H3,(H,21,25)(H2,20,22,24,26). The van der Waals surface area contributed by atoms with Crippen molar-refractivity contribution in [2.75, 3.05) is 31.5 Å². The number of rotatable bonds is 7. The van der Waals surface area contributed by atoms with E-state index in [-0.39, 0.29) is 24.3 Å². The number of hydrogen-bond acceptors (Lipinski definition) is 4. The molecule has 26 heavy (non-hydrogen) atoms. The summed E-state index contributed by atoms with van der Waals surface area (Å²) in [7, 11) is 0. The van der Waals surface area contributed by atoms with Crippen LogP contribution in [0.2, 0.25) is 0 Å². The zero-order chi connectivity index (χ0) is 18.8. The third-order valence-electron chi connectivity index (χ3n) is 4.44. The number of urea groups is 1. The summed E-state index contributed by atoms with van der Waals surface area (Å²) in [6.07, 6.45) is 3.28. The first-order valence-corrected chi connectivity index (χ1v) is 9.24. The van der Waals surface area contributed by atoms with Crippen molar-refractivity contribution in [2.45, 2.75) is 32.6 Å². The average Bonchev–Trinajstić information content (AvgIpc) is 2.63. The van der Waals surface area contributed by atoms with Crippen LogP contribution >= 0.6 is 0 Å². The third kappa shape index (κ3) is 6.84. The van der Waals surface area contributed by atoms with Crippen molar-refractivity contribution >= 4 is 23.5 Å². The lowest BCUT2D eigenvalue weighted by molar-refractivity contribution is -0.122. The maximum atomic E-state index is 12.3. The number of benzene rings is 1. The van der Waals surface area contributed by atoms with Crippen molar-refractivity contribution in [1.29, 1.82) is 0 Å². The molecule has 0 spiro atoms. The first-order valence-electron chi connectivity index (χ1n) is 9.24. The normalized spacial score (nSPS) is 15.3. The van der Waals surface area contributed by atoms with Gasteiger partial charge in [0.05, 0.1) is 6.54 Å². The van der Waals surface area contributed by atoms with Gasteiger partial charge in [0.1, 0.15) is 0 Å². The quantitative estimate of drug-likeness (QED) is 0.649. The summed E-state index contributed by atoms with van der Waals surface area (Å²) in [5.74, 6) is -0.339. The minimum absolute atomic E-state index is 0.0237. The van der Waals surface area contributed by atoms with Gasteiger partial charge in [0, 0.05) is 18.2 Å². The van der Waals surface area contributed by atoms with E-state index in [4.69, 9.17) is 0 Å². The fraction of sp³-hybridized carbons (Fsp3) is 0.526. The van der Waals surface area contributed by atoms with Crippen molar-refractivity contribution < 1.29 is 14.4 Å². The first-order chi connectivity index (χ1) is 12.6. The van der Waals surface area contributed by atoms with Gasteiger partial charge in [-0.3, -0.25) is 19.8 Å². The number of carbonyl (C=O) groups is 3. The Morgan fingerprint density at radius 3 is 2.46 bits per heavy atom. The molecule has 1 saturated heterocycles. The molecule has 0 saturated carbocycles. The van der Waals surface area contributed by atoms with Gasteiger partial charge in [0.15, 0.2) is 0 Å². The number of carbonyl (C=O) groups excluding carboxylic acids is 3. The van der Waals surface area contributed by atoms with Crippen LogP contribution in [0, 0.1) is 5.92 Å². The van der Waals surface area contributed by atoms with Gasteiger partial charge in [-0.1, -0.05) is 31.5 Å². The van der Waals surface area contributed by atoms with Gasteiger partial charge < -0.3 is 10.6 Å². The van der Waals surface area contributed by atoms with E-state index in [2.05, 4.69) is 16.0 Å². The van der Waals surface area contributed by atoms with Gasteiger partial charge in [-0.15, -0.1) is 0 Å². The number of nitrogens with zero attached hydrogens (tertiary/aromatic N) is 1. The summed E-state index contributed by atoms with van der Waals surface area (Å²) < 4.78 is 0. The van der Waals surface area contributed by atoms with E-state index in [9.17, 15) is 14.4 Å². The van der Waals surface area contributed by atoms with Crippen LogP contribution in [0.3, 0.4) is 0 Å². The van der Waals surface area contributed by atoms with E-state index in [0.29, 0.717) is 32.5 Å². The smallest absolute Gasteiger partial charge is 0.321 e. The minimum atomic E-state index is -0.444. The molecule has 0 aromatic heterocycles. The first kappa shape index (κ1) is 19.9. The summed E-state index contributed by atoms with van der Waals surface area (Å²) in [4.78, 5) is 37.8. The molecule has 7 nitrogen and oxygen atoms in total. The molecule has 0 unspecified atom stereocenters. The number of hydrogen-bond donors (Lipinski definition) is 3. The highest BCUT2D eigenvalue weighted by atomic mass is 16.2. The third-order valence-corrected chi connectivity index (χ3v) is 4.44. The Kier molecular flexibility index (Phi) is 8.08. The molecule has 2 rings (SSSR count). The Bertz CT molecular complexity index is 598. The Morgan fingerprint density at radius 1 is 1.12 bits per heavy atom. The molecular weight excluding hydrogens is 332 g/mol. The van der Waals surface area contributed by atoms with E-state index in [1.165, 1.54) is 0 Å². The lowest BCUT2D eigenvalue weighted by Crippen LogP contribution is -2.47. The second-order valence-electron chi connectivity index (χ2n) is 6.56. The number of likely N-dealkylation sites (tertiary alicyclic amines) is 1. The zero-order valence-corrected chi connectivity index (χ0v) is 15.3. The monoisotopic (exact) mass is 360 g/mol. The number of para-hydroxylation sites is 1. The zero-order valence-electron chi connectivity index (χ0n) is 15.3. The van der Waals surface area contributed by atoms with Crippen LogP contribution < -0.4 is 16.0 Å². The van der Waals surface area contributed by atoms with E-state index in [1.807, 2.05) is 42.2 Å². The maximum absolute atomic E-state index is 12.3. The van der Waals surface area contributed by atoms with Gasteiger partial charge >= 0.3 is 6.03 Å². The summed E-state index contributed by atoms with van der Waals surface area (Å²) in [6, 6.07) is 8.96. The molecule has 1 aromatic rings. The van der Waals surface area contributed by atoms with Crippen LogP contribution in [0.15, 0.2) is 30.3 Å². The number of anilines is 1. The van der Waals surface area contributed by atoms with Crippen molar-refractivity contribution in [3.05, 3.63) is 30.3 Å². The molecule has 1 heterocycles. The SMILES string of the molecule is CCCCNC(=O)NC(=O)CN1CCC(C(=O)Nc2ccccc2)CC1. The van der Waals surface area contributed by atoms with Crippen molar-refractivity contribution in [3.8, 4) is 0 Å². The van der Waals surface area contributed by atoms with Crippen LogP contribution in [0.5, 0.6) is 0 Å². The lowest BCUT2D eigenvalue weighted by atomic mass is 9.96. The van der Waals surface area contributed by atoms with E-state index >= 15 is 0 Å². The van der Waals surface area contributed by atoms with Gasteiger partial charge in [-0.25, -0.2) is 4.79 Å². The predicted molar refractivity (Wildman–Crippen MR) is 101 cm³/mol. The molecule has 0 bridgehead atoms. The molecule has 0 aliphatic carbocycles. The summed E-state index contributed by atoms with van der Waals surface area (Å²) in [6.45, 7) is 4.11. The molecular formula is C19H28N4O3. The number of imide groups is 1. The molecule has 3 N–H and O–H groups in total. The molecule has 142 valence electrons. The number of piperidine rings is 1. The van der Waals surface area contributed by atoms with Crippen LogP contribution in [0.1, 0.15) is 32.6 Å². The topological polar surface area (TPSA) is 90.5 Å². The highest BCUT2D eigenvalue weighted by molar-refractivity contribution is 5.95. The van der Waals surface area contributed by atoms with Gasteiger partial charge in [0.2, 0.25) is 11.8 Å². The molecule has 1 aromatic carbocycles. The largest absolute Gasteiger partial charge is 0.338 e. The highest BCUT2D eigenvalue weighted by Crippen LogP contribution is 2.19. The fourth-order valence-corrected chi connectivity index (χ4v) is 2.91. The Balaban J connectivity index is 1.67. The second kappa shape index (κ2) is 10.6. The number of nitrogens with one attached hydrogen (secondary N) is 3. The molecule has 0 radical (unpaired) electrons. The van der Waals surface area contributed by atoms with Crippen LogP contribution in [0.4, 0.5) is 10.5 Å². The Hall–Kier alpha value is -2.41. The summed E-state index contributed by atoms with van der Waals surface area (Å²) >= 11 is 0. The van der Waals surface area contributed by atoms with Crippen molar-refractivity contribution in [3.63, 3.8) is 0 Å². The molecule has 7 heteroatoms. The van der Waals surface area contributed by atoms with Crippen LogP contribution in [0.25, 0.3) is 0 Å². The number of amides is 4. The van der Waals surface area contributed by atoms with E-state index in [0.717, 1.165) is 18.5 Å². The van der Waals surface area contributed by atoms with Crippen LogP contribution in [-0.2, 0) is 9.59 Å².